The molecule has 2 N–H and O–H groups in total. The van der Waals surface area contributed by atoms with Gasteiger partial charge in [0.05, 0.1) is 5.92 Å². The number of hydrogen-bond donors (Lipinski definition) is 2. The zero-order valence-electron chi connectivity index (χ0n) is 12.9. The van der Waals surface area contributed by atoms with E-state index in [0.29, 0.717) is 5.82 Å². The van der Waals surface area contributed by atoms with Crippen LogP contribution in [-0.2, 0) is 4.79 Å². The highest BCUT2D eigenvalue weighted by Crippen LogP contribution is 2.23. The molecule has 0 bridgehead atoms. The molecule has 0 aliphatic heterocycles. The molecule has 0 spiro atoms. The summed E-state index contributed by atoms with van der Waals surface area (Å²) < 4.78 is 0. The van der Waals surface area contributed by atoms with Gasteiger partial charge in [0.1, 0.15) is 6.33 Å². The number of rotatable bonds is 5. The van der Waals surface area contributed by atoms with Crippen LogP contribution in [0.25, 0.3) is 11.4 Å². The molecule has 0 saturated heterocycles. The molecule has 23 heavy (non-hydrogen) atoms. The monoisotopic (exact) mass is 306 g/mol. The second-order valence-corrected chi connectivity index (χ2v) is 5.28. The molecule has 1 aromatic heterocycles. The number of anilines is 1. The van der Waals surface area contributed by atoms with E-state index in [1.807, 2.05) is 61.5 Å². The normalized spacial score (nSPS) is 11.9. The van der Waals surface area contributed by atoms with E-state index in [9.17, 15) is 4.79 Å². The molecule has 0 saturated carbocycles. The standard InChI is InChI=1S/C18H18N4O/c1-2-16(13-7-4-3-5-8-13)18(23)21-15-10-6-9-14(11-15)17-19-12-20-22-17/h3-12,16H,2H2,1H3,(H,21,23)(H,19,20,22). The molecule has 0 aliphatic carbocycles. The molecule has 1 amide bonds. The van der Waals surface area contributed by atoms with E-state index in [4.69, 9.17) is 0 Å². The largest absolute Gasteiger partial charge is 0.326 e. The summed E-state index contributed by atoms with van der Waals surface area (Å²) in [6.07, 6.45) is 2.21. The quantitative estimate of drug-likeness (QED) is 0.756. The number of carbonyl (C=O) groups excluding carboxylic acids is 1. The predicted molar refractivity (Wildman–Crippen MR) is 89.9 cm³/mol. The van der Waals surface area contributed by atoms with Crippen LogP contribution in [0.4, 0.5) is 5.69 Å². The summed E-state index contributed by atoms with van der Waals surface area (Å²) in [7, 11) is 0. The van der Waals surface area contributed by atoms with Crippen molar-refractivity contribution in [1.29, 1.82) is 0 Å². The zero-order chi connectivity index (χ0) is 16.1. The van der Waals surface area contributed by atoms with E-state index in [1.165, 1.54) is 6.33 Å². The highest BCUT2D eigenvalue weighted by atomic mass is 16.1. The molecule has 1 heterocycles. The minimum atomic E-state index is -0.162. The van der Waals surface area contributed by atoms with E-state index in [1.54, 1.807) is 0 Å². The summed E-state index contributed by atoms with van der Waals surface area (Å²) in [5.41, 5.74) is 2.66. The van der Waals surface area contributed by atoms with Gasteiger partial charge in [0.2, 0.25) is 5.91 Å². The smallest absolute Gasteiger partial charge is 0.231 e. The van der Waals surface area contributed by atoms with E-state index < -0.39 is 0 Å². The summed E-state index contributed by atoms with van der Waals surface area (Å²) in [5.74, 6) is 0.509. The Kier molecular flexibility index (Phi) is 4.47. The Morgan fingerprint density at radius 2 is 2.00 bits per heavy atom. The van der Waals surface area contributed by atoms with Crippen molar-refractivity contribution in [3.63, 3.8) is 0 Å². The minimum absolute atomic E-state index is 0.00609. The first-order chi connectivity index (χ1) is 11.3. The molecule has 0 radical (unpaired) electrons. The first-order valence-corrected chi connectivity index (χ1v) is 7.59. The minimum Gasteiger partial charge on any atom is -0.326 e. The molecule has 0 aliphatic rings. The number of H-pyrrole nitrogens is 1. The Labute approximate surface area is 134 Å². The molecule has 1 unspecified atom stereocenters. The molecule has 1 atom stereocenters. The number of aromatic amines is 1. The molecular formula is C18H18N4O. The summed E-state index contributed by atoms with van der Waals surface area (Å²) >= 11 is 0. The number of nitrogens with one attached hydrogen (secondary N) is 2. The number of benzene rings is 2. The maximum absolute atomic E-state index is 12.6. The summed E-state index contributed by atoms with van der Waals surface area (Å²) in [6.45, 7) is 2.02. The van der Waals surface area contributed by atoms with Gasteiger partial charge in [0.25, 0.3) is 0 Å². The van der Waals surface area contributed by atoms with Gasteiger partial charge < -0.3 is 5.32 Å². The molecule has 116 valence electrons. The lowest BCUT2D eigenvalue weighted by molar-refractivity contribution is -0.117. The Hall–Kier alpha value is -2.95. The zero-order valence-corrected chi connectivity index (χ0v) is 12.9. The predicted octanol–water partition coefficient (Wildman–Crippen LogP) is 3.60. The van der Waals surface area contributed by atoms with Crippen molar-refractivity contribution in [2.75, 3.05) is 5.32 Å². The molecule has 5 nitrogen and oxygen atoms in total. The lowest BCUT2D eigenvalue weighted by atomic mass is 9.95. The highest BCUT2D eigenvalue weighted by molar-refractivity contribution is 5.96. The van der Waals surface area contributed by atoms with Gasteiger partial charge in [-0.05, 0) is 24.1 Å². The van der Waals surface area contributed by atoms with E-state index >= 15 is 0 Å². The van der Waals surface area contributed by atoms with Gasteiger partial charge >= 0.3 is 0 Å². The van der Waals surface area contributed by atoms with Crippen LogP contribution in [0.5, 0.6) is 0 Å². The van der Waals surface area contributed by atoms with Gasteiger partial charge in [-0.1, -0.05) is 49.4 Å². The number of aromatic nitrogens is 3. The topological polar surface area (TPSA) is 70.7 Å². The van der Waals surface area contributed by atoms with Crippen molar-refractivity contribution in [3.05, 3.63) is 66.5 Å². The van der Waals surface area contributed by atoms with Crippen molar-refractivity contribution in [2.24, 2.45) is 0 Å². The van der Waals surface area contributed by atoms with Crippen LogP contribution < -0.4 is 5.32 Å². The van der Waals surface area contributed by atoms with Crippen LogP contribution in [0.2, 0.25) is 0 Å². The van der Waals surface area contributed by atoms with E-state index in [-0.39, 0.29) is 11.8 Å². The fourth-order valence-corrected chi connectivity index (χ4v) is 2.58. The maximum Gasteiger partial charge on any atom is 0.231 e. The lowest BCUT2D eigenvalue weighted by Gasteiger charge is -2.15. The van der Waals surface area contributed by atoms with Crippen LogP contribution in [0, 0.1) is 0 Å². The SMILES string of the molecule is CCC(C(=O)Nc1cccc(-c2ncn[nH]2)c1)c1ccccc1. The van der Waals surface area contributed by atoms with Crippen LogP contribution >= 0.6 is 0 Å². The van der Waals surface area contributed by atoms with Crippen LogP contribution in [-0.4, -0.2) is 21.1 Å². The molecule has 0 fully saturated rings. The third-order valence-electron chi connectivity index (χ3n) is 3.75. The van der Waals surface area contributed by atoms with Gasteiger partial charge in [-0.3, -0.25) is 9.89 Å². The van der Waals surface area contributed by atoms with Crippen molar-refractivity contribution in [3.8, 4) is 11.4 Å². The highest BCUT2D eigenvalue weighted by Gasteiger charge is 2.18. The van der Waals surface area contributed by atoms with Crippen molar-refractivity contribution in [2.45, 2.75) is 19.3 Å². The van der Waals surface area contributed by atoms with Crippen LogP contribution in [0.1, 0.15) is 24.8 Å². The van der Waals surface area contributed by atoms with E-state index in [0.717, 1.165) is 23.2 Å². The van der Waals surface area contributed by atoms with E-state index in [2.05, 4.69) is 20.5 Å². The number of nitrogens with zero attached hydrogens (tertiary/aromatic N) is 2. The average Bonchev–Trinajstić information content (AvgIpc) is 3.11. The molecule has 3 aromatic rings. The fourth-order valence-electron chi connectivity index (χ4n) is 2.58. The average molecular weight is 306 g/mol. The first-order valence-electron chi connectivity index (χ1n) is 7.59. The Morgan fingerprint density at radius 3 is 2.70 bits per heavy atom. The van der Waals surface area contributed by atoms with Crippen molar-refractivity contribution >= 4 is 11.6 Å². The van der Waals surface area contributed by atoms with Crippen molar-refractivity contribution < 1.29 is 4.79 Å². The second kappa shape index (κ2) is 6.87. The van der Waals surface area contributed by atoms with Gasteiger partial charge in [-0.2, -0.15) is 5.10 Å². The number of hydrogen-bond acceptors (Lipinski definition) is 3. The van der Waals surface area contributed by atoms with Gasteiger partial charge in [-0.25, -0.2) is 4.98 Å². The first kappa shape index (κ1) is 15.0. The third-order valence-corrected chi connectivity index (χ3v) is 3.75. The number of carbonyl (C=O) groups is 1. The third kappa shape index (κ3) is 3.45. The maximum atomic E-state index is 12.6. The molecular weight excluding hydrogens is 288 g/mol. The van der Waals surface area contributed by atoms with Gasteiger partial charge in [-0.15, -0.1) is 0 Å². The number of amides is 1. The summed E-state index contributed by atoms with van der Waals surface area (Å²) in [4.78, 5) is 16.7. The Morgan fingerprint density at radius 1 is 1.17 bits per heavy atom. The van der Waals surface area contributed by atoms with Crippen LogP contribution in [0.3, 0.4) is 0 Å². The summed E-state index contributed by atoms with van der Waals surface area (Å²) in [5, 5.41) is 9.66. The van der Waals surface area contributed by atoms with Gasteiger partial charge in [0.15, 0.2) is 5.82 Å². The van der Waals surface area contributed by atoms with Crippen LogP contribution in [0.15, 0.2) is 60.9 Å². The van der Waals surface area contributed by atoms with Crippen molar-refractivity contribution in [1.82, 2.24) is 15.2 Å². The summed E-state index contributed by atoms with van der Waals surface area (Å²) in [6, 6.07) is 17.4. The molecule has 2 aromatic carbocycles. The second-order valence-electron chi connectivity index (χ2n) is 5.28. The fraction of sp³-hybridized carbons (Fsp3) is 0.167. The molecule has 5 heteroatoms. The Bertz CT molecular complexity index is 769. The lowest BCUT2D eigenvalue weighted by Crippen LogP contribution is -2.20. The van der Waals surface area contributed by atoms with Gasteiger partial charge in [0, 0.05) is 11.3 Å². The Balaban J connectivity index is 1.78. The molecule has 3 rings (SSSR count).